The Bertz CT molecular complexity index is 278. The second-order valence-electron chi connectivity index (χ2n) is 4.96. The highest BCUT2D eigenvalue weighted by Gasteiger charge is 2.17. The third-order valence-corrected chi connectivity index (χ3v) is 3.38. The van der Waals surface area contributed by atoms with Crippen LogP contribution in [0.1, 0.15) is 40.5 Å². The maximum atomic E-state index is 11.9. The number of hydrogen-bond acceptors (Lipinski definition) is 2. The van der Waals surface area contributed by atoms with Crippen molar-refractivity contribution < 1.29 is 4.79 Å². The van der Waals surface area contributed by atoms with Crippen LogP contribution in [0.2, 0.25) is 0 Å². The van der Waals surface area contributed by atoms with E-state index in [1.807, 2.05) is 6.92 Å². The van der Waals surface area contributed by atoms with E-state index in [-0.39, 0.29) is 11.9 Å². The van der Waals surface area contributed by atoms with Crippen LogP contribution in [0.4, 0.5) is 0 Å². The highest BCUT2D eigenvalue weighted by atomic mass is 16.1. The summed E-state index contributed by atoms with van der Waals surface area (Å²) in [6, 6.07) is 0.269. The predicted octanol–water partition coefficient (Wildman–Crippen LogP) is 1.85. The van der Waals surface area contributed by atoms with Crippen molar-refractivity contribution in [2.24, 2.45) is 5.92 Å². The second-order valence-corrected chi connectivity index (χ2v) is 4.96. The molecule has 1 saturated heterocycles. The topological polar surface area (TPSA) is 41.1 Å². The Kier molecular flexibility index (Phi) is 5.00. The van der Waals surface area contributed by atoms with E-state index in [0.717, 1.165) is 25.1 Å². The first kappa shape index (κ1) is 13.2. The van der Waals surface area contributed by atoms with E-state index in [1.165, 1.54) is 12.0 Å². The summed E-state index contributed by atoms with van der Waals surface area (Å²) >= 11 is 0. The molecule has 2 unspecified atom stereocenters. The molecule has 0 bridgehead atoms. The highest BCUT2D eigenvalue weighted by molar-refractivity contribution is 5.94. The Balaban J connectivity index is 2.39. The Morgan fingerprint density at radius 1 is 1.44 bits per heavy atom. The van der Waals surface area contributed by atoms with Gasteiger partial charge in [-0.15, -0.1) is 0 Å². The lowest BCUT2D eigenvalue weighted by Crippen LogP contribution is -2.40. The molecule has 1 fully saturated rings. The number of nitrogens with one attached hydrogen (secondary N) is 2. The number of amides is 1. The molecular weight excluding hydrogens is 200 g/mol. The molecule has 3 nitrogen and oxygen atoms in total. The molecule has 0 radical (unpaired) electrons. The average Bonchev–Trinajstić information content (AvgIpc) is 2.14. The molecule has 0 spiro atoms. The summed E-state index contributed by atoms with van der Waals surface area (Å²) in [7, 11) is 0. The lowest BCUT2D eigenvalue weighted by Gasteiger charge is -2.23. The molecule has 0 aromatic carbocycles. The predicted molar refractivity (Wildman–Crippen MR) is 67.2 cm³/mol. The van der Waals surface area contributed by atoms with Gasteiger partial charge in [0.1, 0.15) is 0 Å². The first-order chi connectivity index (χ1) is 7.54. The Morgan fingerprint density at radius 3 is 2.50 bits per heavy atom. The van der Waals surface area contributed by atoms with Gasteiger partial charge in [-0.2, -0.15) is 0 Å². The largest absolute Gasteiger partial charge is 0.350 e. The van der Waals surface area contributed by atoms with Crippen LogP contribution in [0, 0.1) is 5.92 Å². The van der Waals surface area contributed by atoms with Crippen LogP contribution in [-0.2, 0) is 4.79 Å². The normalized spacial score (nSPS) is 18.6. The van der Waals surface area contributed by atoms with E-state index in [2.05, 4.69) is 31.4 Å². The van der Waals surface area contributed by atoms with Crippen molar-refractivity contribution in [2.45, 2.75) is 46.6 Å². The number of hydrogen-bond donors (Lipinski definition) is 2. The van der Waals surface area contributed by atoms with Crippen molar-refractivity contribution >= 4 is 5.91 Å². The maximum absolute atomic E-state index is 11.9. The van der Waals surface area contributed by atoms with Gasteiger partial charge < -0.3 is 10.6 Å². The van der Waals surface area contributed by atoms with E-state index < -0.39 is 0 Å². The van der Waals surface area contributed by atoms with Gasteiger partial charge in [0.25, 0.3) is 0 Å². The van der Waals surface area contributed by atoms with Gasteiger partial charge in [-0.25, -0.2) is 0 Å². The SMILES string of the molecule is CCC(C)CC(C)NC(=O)C(C)=C1CNC1. The quantitative estimate of drug-likeness (QED) is 0.700. The number of carbonyl (C=O) groups is 1. The molecule has 16 heavy (non-hydrogen) atoms. The van der Waals surface area contributed by atoms with Crippen molar-refractivity contribution in [1.29, 1.82) is 0 Å². The molecular formula is C13H24N2O. The van der Waals surface area contributed by atoms with Gasteiger partial charge in [-0.1, -0.05) is 20.3 Å². The molecule has 0 aromatic rings. The van der Waals surface area contributed by atoms with Crippen molar-refractivity contribution in [3.05, 3.63) is 11.1 Å². The molecule has 1 aliphatic heterocycles. The Hall–Kier alpha value is -0.830. The smallest absolute Gasteiger partial charge is 0.247 e. The molecule has 1 heterocycles. The van der Waals surface area contributed by atoms with Crippen molar-refractivity contribution in [3.8, 4) is 0 Å². The first-order valence-corrected chi connectivity index (χ1v) is 6.24. The molecule has 0 aliphatic carbocycles. The van der Waals surface area contributed by atoms with Crippen LogP contribution >= 0.6 is 0 Å². The monoisotopic (exact) mass is 224 g/mol. The summed E-state index contributed by atoms with van der Waals surface area (Å²) in [6.07, 6.45) is 2.23. The molecule has 3 heteroatoms. The van der Waals surface area contributed by atoms with Crippen LogP contribution < -0.4 is 10.6 Å². The van der Waals surface area contributed by atoms with Crippen LogP contribution in [0.3, 0.4) is 0 Å². The highest BCUT2D eigenvalue weighted by Crippen LogP contribution is 2.12. The van der Waals surface area contributed by atoms with Gasteiger partial charge in [-0.3, -0.25) is 4.79 Å². The maximum Gasteiger partial charge on any atom is 0.247 e. The van der Waals surface area contributed by atoms with E-state index in [1.54, 1.807) is 0 Å². The standard InChI is InChI=1S/C13H24N2O/c1-5-9(2)6-10(3)15-13(16)11(4)12-7-14-8-12/h9-10,14H,5-8H2,1-4H3,(H,15,16). The van der Waals surface area contributed by atoms with Gasteiger partial charge >= 0.3 is 0 Å². The molecule has 0 saturated carbocycles. The minimum atomic E-state index is 0.104. The van der Waals surface area contributed by atoms with Gasteiger partial charge in [0.15, 0.2) is 0 Å². The fraction of sp³-hybridized carbons (Fsp3) is 0.769. The lowest BCUT2D eigenvalue weighted by molar-refractivity contribution is -0.118. The summed E-state index contributed by atoms with van der Waals surface area (Å²) in [5.41, 5.74) is 2.14. The van der Waals surface area contributed by atoms with E-state index in [0.29, 0.717) is 5.92 Å². The van der Waals surface area contributed by atoms with E-state index >= 15 is 0 Å². The van der Waals surface area contributed by atoms with Crippen molar-refractivity contribution in [2.75, 3.05) is 13.1 Å². The van der Waals surface area contributed by atoms with Crippen molar-refractivity contribution in [3.63, 3.8) is 0 Å². The third-order valence-electron chi connectivity index (χ3n) is 3.38. The summed E-state index contributed by atoms with van der Waals surface area (Å²) in [6.45, 7) is 10.2. The minimum Gasteiger partial charge on any atom is -0.350 e. The lowest BCUT2D eigenvalue weighted by atomic mass is 9.99. The average molecular weight is 224 g/mol. The van der Waals surface area contributed by atoms with Crippen LogP contribution in [0.15, 0.2) is 11.1 Å². The van der Waals surface area contributed by atoms with E-state index in [4.69, 9.17) is 0 Å². The molecule has 92 valence electrons. The van der Waals surface area contributed by atoms with Crippen molar-refractivity contribution in [1.82, 2.24) is 10.6 Å². The zero-order valence-electron chi connectivity index (χ0n) is 10.9. The Labute approximate surface area is 98.7 Å². The van der Waals surface area contributed by atoms with Gasteiger partial charge in [0.2, 0.25) is 5.91 Å². The number of rotatable bonds is 5. The van der Waals surface area contributed by atoms with E-state index in [9.17, 15) is 4.79 Å². The third kappa shape index (κ3) is 3.63. The molecule has 1 amide bonds. The molecule has 2 atom stereocenters. The summed E-state index contributed by atoms with van der Waals surface area (Å²) in [4.78, 5) is 11.9. The minimum absolute atomic E-state index is 0.104. The zero-order chi connectivity index (χ0) is 12.1. The second kappa shape index (κ2) is 6.04. The fourth-order valence-corrected chi connectivity index (χ4v) is 1.84. The molecule has 1 rings (SSSR count). The fourth-order valence-electron chi connectivity index (χ4n) is 1.84. The van der Waals surface area contributed by atoms with Gasteiger partial charge in [0, 0.05) is 24.7 Å². The number of carbonyl (C=O) groups excluding carboxylic acids is 1. The Morgan fingerprint density at radius 2 is 2.06 bits per heavy atom. The zero-order valence-corrected chi connectivity index (χ0v) is 10.9. The first-order valence-electron chi connectivity index (χ1n) is 6.24. The summed E-state index contributed by atoms with van der Waals surface area (Å²) in [5.74, 6) is 0.779. The molecule has 2 N–H and O–H groups in total. The summed E-state index contributed by atoms with van der Waals surface area (Å²) < 4.78 is 0. The van der Waals surface area contributed by atoms with Crippen LogP contribution in [0.5, 0.6) is 0 Å². The van der Waals surface area contributed by atoms with Gasteiger partial charge in [0.05, 0.1) is 0 Å². The van der Waals surface area contributed by atoms with Gasteiger partial charge in [-0.05, 0) is 31.8 Å². The van der Waals surface area contributed by atoms with Crippen LogP contribution in [-0.4, -0.2) is 25.0 Å². The molecule has 1 aliphatic rings. The summed E-state index contributed by atoms with van der Waals surface area (Å²) in [5, 5.41) is 6.22. The molecule has 0 aromatic heterocycles. The van der Waals surface area contributed by atoms with Crippen LogP contribution in [0.25, 0.3) is 0 Å².